The van der Waals surface area contributed by atoms with Gasteiger partial charge in [0, 0.05) is 29.4 Å². The maximum atomic E-state index is 12.5. The van der Waals surface area contributed by atoms with Crippen LogP contribution in [0.2, 0.25) is 0 Å². The fraction of sp³-hybridized carbons (Fsp3) is 0.300. The van der Waals surface area contributed by atoms with Gasteiger partial charge in [0.2, 0.25) is 5.91 Å². The van der Waals surface area contributed by atoms with Crippen LogP contribution in [-0.2, 0) is 11.2 Å². The van der Waals surface area contributed by atoms with E-state index in [1.54, 1.807) is 12.1 Å². The molecule has 2 aromatic carbocycles. The number of aryl methyl sites for hydroxylation is 1. The maximum Gasteiger partial charge on any atom is 0.255 e. The van der Waals surface area contributed by atoms with Crippen molar-refractivity contribution in [1.82, 2.24) is 0 Å². The number of rotatable bonds is 3. The predicted molar refractivity (Wildman–Crippen MR) is 94.2 cm³/mol. The summed E-state index contributed by atoms with van der Waals surface area (Å²) >= 11 is 0. The standard InChI is InChI=1S/C20H20N2O2/c23-19(15-5-2-1-3-6-15)21-17-11-10-14-7-4-12-22(18(14)13-17)20(24)16-8-9-16/h1-3,5-6,10-11,13,16H,4,7-9,12H2,(H,21,23). The van der Waals surface area contributed by atoms with Crippen molar-refractivity contribution < 1.29 is 9.59 Å². The first-order chi connectivity index (χ1) is 11.7. The highest BCUT2D eigenvalue weighted by Crippen LogP contribution is 2.36. The average molecular weight is 320 g/mol. The monoisotopic (exact) mass is 320 g/mol. The summed E-state index contributed by atoms with van der Waals surface area (Å²) in [7, 11) is 0. The number of nitrogens with zero attached hydrogens (tertiary/aromatic N) is 1. The Labute approximate surface area is 141 Å². The van der Waals surface area contributed by atoms with E-state index >= 15 is 0 Å². The zero-order valence-corrected chi connectivity index (χ0v) is 13.5. The van der Waals surface area contributed by atoms with Crippen LogP contribution in [0.25, 0.3) is 0 Å². The van der Waals surface area contributed by atoms with Gasteiger partial charge in [-0.1, -0.05) is 24.3 Å². The molecule has 4 nitrogen and oxygen atoms in total. The van der Waals surface area contributed by atoms with E-state index in [0.29, 0.717) is 5.56 Å². The fourth-order valence-electron chi connectivity index (χ4n) is 3.22. The Hall–Kier alpha value is -2.62. The SMILES string of the molecule is O=C(Nc1ccc2c(c1)N(C(=O)C1CC1)CCC2)c1ccccc1. The van der Waals surface area contributed by atoms with E-state index in [-0.39, 0.29) is 17.7 Å². The maximum absolute atomic E-state index is 12.5. The molecule has 4 rings (SSSR count). The lowest BCUT2D eigenvalue weighted by Crippen LogP contribution is -2.36. The van der Waals surface area contributed by atoms with E-state index in [4.69, 9.17) is 0 Å². The third-order valence-corrected chi connectivity index (χ3v) is 4.69. The van der Waals surface area contributed by atoms with Gasteiger partial charge in [0.05, 0.1) is 0 Å². The molecule has 0 radical (unpaired) electrons. The summed E-state index contributed by atoms with van der Waals surface area (Å²) in [4.78, 5) is 26.8. The lowest BCUT2D eigenvalue weighted by atomic mass is 10.0. The Morgan fingerprint density at radius 2 is 1.83 bits per heavy atom. The number of carbonyl (C=O) groups is 2. The minimum atomic E-state index is -0.133. The van der Waals surface area contributed by atoms with Crippen LogP contribution in [-0.4, -0.2) is 18.4 Å². The molecule has 1 aliphatic carbocycles. The molecule has 1 saturated carbocycles. The Morgan fingerprint density at radius 1 is 1.04 bits per heavy atom. The summed E-state index contributed by atoms with van der Waals surface area (Å²) in [5.74, 6) is 0.312. The molecular weight excluding hydrogens is 300 g/mol. The van der Waals surface area contributed by atoms with Gasteiger partial charge in [0.1, 0.15) is 0 Å². The summed E-state index contributed by atoms with van der Waals surface area (Å²) in [6.07, 6.45) is 4.00. The summed E-state index contributed by atoms with van der Waals surface area (Å²) in [5, 5.41) is 2.94. The van der Waals surface area contributed by atoms with Crippen molar-refractivity contribution in [1.29, 1.82) is 0 Å². The second-order valence-electron chi connectivity index (χ2n) is 6.53. The molecule has 0 bridgehead atoms. The molecule has 24 heavy (non-hydrogen) atoms. The van der Waals surface area contributed by atoms with Crippen LogP contribution in [0.15, 0.2) is 48.5 Å². The number of carbonyl (C=O) groups excluding carboxylic acids is 2. The highest BCUT2D eigenvalue weighted by Gasteiger charge is 2.35. The molecule has 0 saturated heterocycles. The van der Waals surface area contributed by atoms with E-state index in [9.17, 15) is 9.59 Å². The van der Waals surface area contributed by atoms with Gasteiger partial charge in [-0.15, -0.1) is 0 Å². The smallest absolute Gasteiger partial charge is 0.255 e. The van der Waals surface area contributed by atoms with Crippen molar-refractivity contribution in [3.63, 3.8) is 0 Å². The second-order valence-corrected chi connectivity index (χ2v) is 6.53. The minimum Gasteiger partial charge on any atom is -0.322 e. The molecule has 1 N–H and O–H groups in total. The Balaban J connectivity index is 1.58. The van der Waals surface area contributed by atoms with Crippen LogP contribution in [0.3, 0.4) is 0 Å². The summed E-state index contributed by atoms with van der Waals surface area (Å²) in [6, 6.07) is 15.0. The van der Waals surface area contributed by atoms with Crippen LogP contribution in [0.1, 0.15) is 35.2 Å². The first kappa shape index (κ1) is 14.9. The van der Waals surface area contributed by atoms with Crippen LogP contribution < -0.4 is 10.2 Å². The van der Waals surface area contributed by atoms with Crippen molar-refractivity contribution in [2.45, 2.75) is 25.7 Å². The van der Waals surface area contributed by atoms with Gasteiger partial charge in [0.15, 0.2) is 0 Å². The molecule has 0 unspecified atom stereocenters. The zero-order chi connectivity index (χ0) is 16.5. The van der Waals surface area contributed by atoms with E-state index < -0.39 is 0 Å². The normalized spacial score (nSPS) is 16.4. The lowest BCUT2D eigenvalue weighted by molar-refractivity contribution is -0.119. The number of nitrogens with one attached hydrogen (secondary N) is 1. The highest BCUT2D eigenvalue weighted by atomic mass is 16.2. The molecular formula is C20H20N2O2. The average Bonchev–Trinajstić information content (AvgIpc) is 3.46. The molecule has 122 valence electrons. The number of hydrogen-bond acceptors (Lipinski definition) is 2. The van der Waals surface area contributed by atoms with Gasteiger partial charge < -0.3 is 10.2 Å². The van der Waals surface area contributed by atoms with Crippen LogP contribution in [0.5, 0.6) is 0 Å². The van der Waals surface area contributed by atoms with Crippen molar-refractivity contribution >= 4 is 23.2 Å². The fourth-order valence-corrected chi connectivity index (χ4v) is 3.22. The zero-order valence-electron chi connectivity index (χ0n) is 13.5. The molecule has 1 aliphatic heterocycles. The van der Waals surface area contributed by atoms with Crippen molar-refractivity contribution in [2.24, 2.45) is 5.92 Å². The summed E-state index contributed by atoms with van der Waals surface area (Å²) in [5.41, 5.74) is 3.51. The van der Waals surface area contributed by atoms with Crippen molar-refractivity contribution in [2.75, 3.05) is 16.8 Å². The van der Waals surface area contributed by atoms with Gasteiger partial charge in [-0.3, -0.25) is 9.59 Å². The Kier molecular flexibility index (Phi) is 3.81. The first-order valence-corrected chi connectivity index (χ1v) is 8.53. The van der Waals surface area contributed by atoms with E-state index in [2.05, 4.69) is 5.32 Å². The second kappa shape index (κ2) is 6.11. The number of anilines is 2. The highest BCUT2D eigenvalue weighted by molar-refractivity contribution is 6.05. The van der Waals surface area contributed by atoms with Gasteiger partial charge in [-0.2, -0.15) is 0 Å². The topological polar surface area (TPSA) is 49.4 Å². The summed E-state index contributed by atoms with van der Waals surface area (Å²) < 4.78 is 0. The molecule has 2 aliphatic rings. The number of fused-ring (bicyclic) bond motifs is 1. The molecule has 2 aromatic rings. The number of hydrogen-bond donors (Lipinski definition) is 1. The lowest BCUT2D eigenvalue weighted by Gasteiger charge is -2.30. The van der Waals surface area contributed by atoms with E-state index in [1.807, 2.05) is 41.3 Å². The van der Waals surface area contributed by atoms with Crippen molar-refractivity contribution in [3.05, 3.63) is 59.7 Å². The first-order valence-electron chi connectivity index (χ1n) is 8.53. The number of amides is 2. The molecule has 4 heteroatoms. The summed E-state index contributed by atoms with van der Waals surface area (Å²) in [6.45, 7) is 0.776. The molecule has 2 amide bonds. The van der Waals surface area contributed by atoms with Gasteiger partial charge in [-0.25, -0.2) is 0 Å². The number of benzene rings is 2. The quantitative estimate of drug-likeness (QED) is 0.939. The Bertz CT molecular complexity index is 781. The molecule has 0 aromatic heterocycles. The predicted octanol–water partition coefficient (Wildman–Crippen LogP) is 3.63. The Morgan fingerprint density at radius 3 is 2.58 bits per heavy atom. The van der Waals surface area contributed by atoms with Gasteiger partial charge in [0.25, 0.3) is 5.91 Å². The largest absolute Gasteiger partial charge is 0.322 e. The van der Waals surface area contributed by atoms with E-state index in [0.717, 1.165) is 43.6 Å². The van der Waals surface area contributed by atoms with Crippen LogP contribution in [0, 0.1) is 5.92 Å². The van der Waals surface area contributed by atoms with Crippen LogP contribution in [0.4, 0.5) is 11.4 Å². The third kappa shape index (κ3) is 2.92. The van der Waals surface area contributed by atoms with Crippen molar-refractivity contribution in [3.8, 4) is 0 Å². The van der Waals surface area contributed by atoms with E-state index in [1.165, 1.54) is 5.56 Å². The molecule has 0 spiro atoms. The van der Waals surface area contributed by atoms with Gasteiger partial charge in [-0.05, 0) is 55.5 Å². The van der Waals surface area contributed by atoms with Crippen LogP contribution >= 0.6 is 0 Å². The third-order valence-electron chi connectivity index (χ3n) is 4.69. The molecule has 0 atom stereocenters. The van der Waals surface area contributed by atoms with Gasteiger partial charge >= 0.3 is 0 Å². The molecule has 1 heterocycles. The minimum absolute atomic E-state index is 0.133. The molecule has 1 fully saturated rings.